The molecule has 1 aromatic carbocycles. The lowest BCUT2D eigenvalue weighted by Crippen LogP contribution is -2.40. The Labute approximate surface area is 180 Å². The summed E-state index contributed by atoms with van der Waals surface area (Å²) < 4.78 is 4.75. The predicted molar refractivity (Wildman–Crippen MR) is 118 cm³/mol. The van der Waals surface area contributed by atoms with Gasteiger partial charge in [0, 0.05) is 53.6 Å². The van der Waals surface area contributed by atoms with Gasteiger partial charge in [-0.3, -0.25) is 9.78 Å². The number of hydrogen-bond donors (Lipinski definition) is 1. The minimum Gasteiger partial charge on any atom is -0.357 e. The molecule has 1 aliphatic heterocycles. The Hall–Kier alpha value is -3.48. The van der Waals surface area contributed by atoms with Crippen LogP contribution in [0.15, 0.2) is 47.4 Å². The molecule has 1 amide bonds. The van der Waals surface area contributed by atoms with Crippen molar-refractivity contribution < 1.29 is 9.42 Å². The molecular formula is C24H25N5O2. The molecule has 5 rings (SSSR count). The molecule has 0 spiro atoms. The van der Waals surface area contributed by atoms with Crippen molar-refractivity contribution in [3.8, 4) is 11.1 Å². The fourth-order valence-corrected chi connectivity index (χ4v) is 4.62. The molecule has 1 unspecified atom stereocenters. The zero-order valence-electron chi connectivity index (χ0n) is 17.8. The Kier molecular flexibility index (Phi) is 5.02. The van der Waals surface area contributed by atoms with Crippen molar-refractivity contribution in [1.82, 2.24) is 25.2 Å². The van der Waals surface area contributed by atoms with Crippen LogP contribution >= 0.6 is 0 Å². The monoisotopic (exact) mass is 415 g/mol. The zero-order chi connectivity index (χ0) is 21.4. The van der Waals surface area contributed by atoms with Crippen molar-refractivity contribution in [2.45, 2.75) is 39.0 Å². The van der Waals surface area contributed by atoms with Crippen molar-refractivity contribution in [3.63, 3.8) is 0 Å². The Balaban J connectivity index is 1.49. The van der Waals surface area contributed by atoms with Crippen LogP contribution in [0, 0.1) is 13.8 Å². The first-order valence-electron chi connectivity index (χ1n) is 10.7. The molecule has 0 saturated carbocycles. The van der Waals surface area contributed by atoms with Gasteiger partial charge < -0.3 is 9.88 Å². The first kappa shape index (κ1) is 19.5. The highest BCUT2D eigenvalue weighted by Crippen LogP contribution is 2.40. The number of benzene rings is 1. The lowest BCUT2D eigenvalue weighted by Gasteiger charge is -2.33. The first-order valence-corrected chi connectivity index (χ1v) is 10.7. The van der Waals surface area contributed by atoms with Crippen LogP contribution in [0.1, 0.15) is 41.4 Å². The predicted octanol–water partition coefficient (Wildman–Crippen LogP) is 4.18. The van der Waals surface area contributed by atoms with E-state index in [4.69, 9.17) is 4.63 Å². The summed E-state index contributed by atoms with van der Waals surface area (Å²) in [5, 5.41) is 8.88. The first-order chi connectivity index (χ1) is 15.1. The molecule has 4 heterocycles. The number of carbonyl (C=O) groups excluding carboxylic acids is 1. The van der Waals surface area contributed by atoms with E-state index in [0.717, 1.165) is 30.5 Å². The summed E-state index contributed by atoms with van der Waals surface area (Å²) in [6.07, 6.45) is 5.90. The molecule has 7 heteroatoms. The number of aromatic amines is 1. The number of piperidine rings is 1. The van der Waals surface area contributed by atoms with Gasteiger partial charge in [-0.1, -0.05) is 28.5 Å². The van der Waals surface area contributed by atoms with Crippen molar-refractivity contribution in [3.05, 3.63) is 65.4 Å². The molecule has 0 radical (unpaired) electrons. The molecule has 1 atom stereocenters. The molecular weight excluding hydrogens is 390 g/mol. The molecule has 0 aliphatic carbocycles. The number of pyridine rings is 1. The summed E-state index contributed by atoms with van der Waals surface area (Å²) in [5.74, 6) is 0.311. The van der Waals surface area contributed by atoms with Crippen molar-refractivity contribution in [2.24, 2.45) is 0 Å². The fraction of sp³-hybridized carbons (Fsp3) is 0.333. The van der Waals surface area contributed by atoms with Crippen LogP contribution in [0.5, 0.6) is 0 Å². The van der Waals surface area contributed by atoms with E-state index in [1.165, 1.54) is 22.2 Å². The fourth-order valence-electron chi connectivity index (χ4n) is 4.62. The van der Waals surface area contributed by atoms with E-state index in [1.807, 2.05) is 24.2 Å². The van der Waals surface area contributed by atoms with Gasteiger partial charge >= 0.3 is 0 Å². The molecule has 1 fully saturated rings. The summed E-state index contributed by atoms with van der Waals surface area (Å²) in [7, 11) is 0. The summed E-state index contributed by atoms with van der Waals surface area (Å²) in [5.41, 5.74) is 7.24. The van der Waals surface area contributed by atoms with Crippen molar-refractivity contribution >= 4 is 16.8 Å². The minimum atomic E-state index is 0.0706. The third kappa shape index (κ3) is 3.60. The number of aromatic nitrogens is 4. The van der Waals surface area contributed by atoms with Gasteiger partial charge in [0.15, 0.2) is 0 Å². The lowest BCUT2D eigenvalue weighted by atomic mass is 9.89. The van der Waals surface area contributed by atoms with Gasteiger partial charge in [-0.05, 0) is 49.9 Å². The van der Waals surface area contributed by atoms with Gasteiger partial charge in [-0.2, -0.15) is 0 Å². The molecule has 4 aromatic rings. The maximum atomic E-state index is 13.0. The molecule has 158 valence electrons. The van der Waals surface area contributed by atoms with Crippen LogP contribution in [-0.2, 0) is 11.2 Å². The third-order valence-corrected chi connectivity index (χ3v) is 6.29. The zero-order valence-corrected chi connectivity index (χ0v) is 17.8. The molecule has 7 nitrogen and oxygen atoms in total. The van der Waals surface area contributed by atoms with E-state index in [0.29, 0.717) is 17.9 Å². The number of H-pyrrole nitrogens is 1. The number of hydrogen-bond acceptors (Lipinski definition) is 5. The van der Waals surface area contributed by atoms with Gasteiger partial charge in [0.05, 0.1) is 6.42 Å². The summed E-state index contributed by atoms with van der Waals surface area (Å²) in [4.78, 5) is 22.8. The summed E-state index contributed by atoms with van der Waals surface area (Å²) >= 11 is 0. The standard InChI is InChI=1S/C24H25N5O2/c1-15-5-3-7-19-22(17-8-10-25-11-9-17)24(26-23(15)19)18-6-4-12-29(14-18)21(30)13-20-16(2)27-31-28-20/h3,5,7-11,18,26H,4,6,12-14H2,1-2H3. The summed E-state index contributed by atoms with van der Waals surface area (Å²) in [6.45, 7) is 5.40. The van der Waals surface area contributed by atoms with Crippen LogP contribution in [0.4, 0.5) is 0 Å². The number of fused-ring (bicyclic) bond motifs is 1. The van der Waals surface area contributed by atoms with Gasteiger partial charge in [-0.15, -0.1) is 0 Å². The number of likely N-dealkylation sites (tertiary alicyclic amines) is 1. The largest absolute Gasteiger partial charge is 0.357 e. The maximum absolute atomic E-state index is 13.0. The van der Waals surface area contributed by atoms with E-state index in [-0.39, 0.29) is 18.2 Å². The number of para-hydroxylation sites is 1. The lowest BCUT2D eigenvalue weighted by molar-refractivity contribution is -0.131. The quantitative estimate of drug-likeness (QED) is 0.540. The normalized spacial score (nSPS) is 16.7. The molecule has 0 bridgehead atoms. The SMILES string of the molecule is Cc1nonc1CC(=O)N1CCCC(c2[nH]c3c(C)cccc3c2-c2ccncc2)C1. The van der Waals surface area contributed by atoms with Gasteiger partial charge in [0.25, 0.3) is 0 Å². The third-order valence-electron chi connectivity index (χ3n) is 6.29. The molecule has 1 aliphatic rings. The topological polar surface area (TPSA) is 87.9 Å². The number of aryl methyl sites for hydroxylation is 2. The highest BCUT2D eigenvalue weighted by Gasteiger charge is 2.29. The second-order valence-electron chi connectivity index (χ2n) is 8.30. The van der Waals surface area contributed by atoms with Gasteiger partial charge in [0.1, 0.15) is 11.4 Å². The van der Waals surface area contributed by atoms with Crippen LogP contribution < -0.4 is 0 Å². The van der Waals surface area contributed by atoms with Crippen LogP contribution in [0.25, 0.3) is 22.0 Å². The average molecular weight is 415 g/mol. The Bertz CT molecular complexity index is 1230. The van der Waals surface area contributed by atoms with Gasteiger partial charge in [-0.25, -0.2) is 4.63 Å². The number of nitrogens with zero attached hydrogens (tertiary/aromatic N) is 4. The minimum absolute atomic E-state index is 0.0706. The Morgan fingerprint density at radius 3 is 2.81 bits per heavy atom. The van der Waals surface area contributed by atoms with Crippen LogP contribution in [0.2, 0.25) is 0 Å². The van der Waals surface area contributed by atoms with Crippen LogP contribution in [-0.4, -0.2) is 44.2 Å². The van der Waals surface area contributed by atoms with E-state index < -0.39 is 0 Å². The number of carbonyl (C=O) groups is 1. The molecule has 31 heavy (non-hydrogen) atoms. The van der Waals surface area contributed by atoms with Crippen molar-refractivity contribution in [1.29, 1.82) is 0 Å². The maximum Gasteiger partial charge on any atom is 0.228 e. The Morgan fingerprint density at radius 1 is 1.19 bits per heavy atom. The highest BCUT2D eigenvalue weighted by molar-refractivity contribution is 5.99. The van der Waals surface area contributed by atoms with Crippen molar-refractivity contribution in [2.75, 3.05) is 13.1 Å². The van der Waals surface area contributed by atoms with Crippen LogP contribution in [0.3, 0.4) is 0 Å². The number of rotatable bonds is 4. The molecule has 1 N–H and O–H groups in total. The average Bonchev–Trinajstić information content (AvgIpc) is 3.39. The highest BCUT2D eigenvalue weighted by atomic mass is 16.6. The number of amides is 1. The van der Waals surface area contributed by atoms with E-state index in [2.05, 4.69) is 57.5 Å². The number of nitrogens with one attached hydrogen (secondary N) is 1. The molecule has 3 aromatic heterocycles. The molecule has 1 saturated heterocycles. The van der Waals surface area contributed by atoms with E-state index in [1.54, 1.807) is 0 Å². The van der Waals surface area contributed by atoms with Gasteiger partial charge in [0.2, 0.25) is 5.91 Å². The van der Waals surface area contributed by atoms with E-state index >= 15 is 0 Å². The summed E-state index contributed by atoms with van der Waals surface area (Å²) in [6, 6.07) is 10.5. The Morgan fingerprint density at radius 2 is 2.03 bits per heavy atom. The second kappa shape index (κ2) is 7.98. The van der Waals surface area contributed by atoms with E-state index in [9.17, 15) is 4.79 Å². The smallest absolute Gasteiger partial charge is 0.228 e. The second-order valence-corrected chi connectivity index (χ2v) is 8.30.